The fraction of sp³-hybridized carbons (Fsp3) is 0.320. The van der Waals surface area contributed by atoms with E-state index in [9.17, 15) is 39.6 Å². The molecule has 0 fully saturated rings. The standard InChI is InChI=1S/C50H54N2O8/c1-47(2,57)43(53)37-17-9-13-33(25-37)29-51(30-34-14-10-18-38(26-34)44(54)48(3,4)58)41-21-23-42(24-22-41)52(31-35-15-11-19-39(27-35)45(55)49(5,6)59)32-36-16-12-20-40(28-36)46(56)50(7,8)60/h9-11,13-19,21-28,57-60H,29-32H2,1-8H3. The highest BCUT2D eigenvalue weighted by Crippen LogP contribution is 2.29. The lowest BCUT2D eigenvalue weighted by molar-refractivity contribution is -0.129. The highest BCUT2D eigenvalue weighted by Gasteiger charge is 2.29. The first-order chi connectivity index (χ1) is 27.9. The fourth-order valence-corrected chi connectivity index (χ4v) is 6.74. The van der Waals surface area contributed by atoms with E-state index in [1.807, 2.05) is 42.5 Å². The topological polar surface area (TPSA) is 156 Å². The Kier molecular flexibility index (Phi) is 13.3. The first-order valence-corrected chi connectivity index (χ1v) is 19.8. The van der Waals surface area contributed by atoms with Gasteiger partial charge in [-0.25, -0.2) is 0 Å². The number of hydrogen-bond acceptors (Lipinski definition) is 10. The average Bonchev–Trinajstić information content (AvgIpc) is 3.18. The van der Waals surface area contributed by atoms with E-state index in [4.69, 9.17) is 0 Å². The van der Waals surface area contributed by atoms with Crippen LogP contribution < -0.4 is 9.80 Å². The molecule has 0 unspecified atom stereocenters. The van der Waals surface area contributed by atoms with E-state index in [0.717, 1.165) is 33.6 Å². The molecule has 4 aromatic carbocycles. The van der Waals surface area contributed by atoms with Crippen molar-refractivity contribution in [3.05, 3.63) is 165 Å². The van der Waals surface area contributed by atoms with Crippen molar-refractivity contribution < 1.29 is 39.6 Å². The van der Waals surface area contributed by atoms with Gasteiger partial charge in [0.25, 0.3) is 0 Å². The normalized spacial score (nSPS) is 13.1. The van der Waals surface area contributed by atoms with E-state index in [1.54, 1.807) is 66.7 Å². The Morgan fingerprint density at radius 3 is 1.15 bits per heavy atom. The van der Waals surface area contributed by atoms with Crippen LogP contribution in [0.4, 0.5) is 11.4 Å². The molecule has 5 rings (SSSR count). The van der Waals surface area contributed by atoms with Crippen molar-refractivity contribution in [3.63, 3.8) is 0 Å². The van der Waals surface area contributed by atoms with Crippen molar-refractivity contribution in [1.29, 1.82) is 0 Å². The van der Waals surface area contributed by atoms with Crippen molar-refractivity contribution in [1.82, 2.24) is 0 Å². The summed E-state index contributed by atoms with van der Waals surface area (Å²) in [5.74, 6) is -1.70. The number of ketones is 4. The summed E-state index contributed by atoms with van der Waals surface area (Å²) in [6, 6.07) is 29.2. The summed E-state index contributed by atoms with van der Waals surface area (Å²) in [7, 11) is 0. The van der Waals surface area contributed by atoms with Gasteiger partial charge in [0.05, 0.1) is 5.57 Å². The molecule has 1 aliphatic rings. The molecule has 0 amide bonds. The molecule has 0 aliphatic heterocycles. The monoisotopic (exact) mass is 810 g/mol. The molecule has 0 heterocycles. The SMILES string of the molecule is CC(C)(O)C(=O)C1=C=C=CC(CN(Cc2cccc(C(=O)C(C)(C)O)c2)c2ccc(N(Cc3cccc(C(=O)C(C)(C)O)c3)Cc3cccc(C(=O)C(C)(C)O)c3)cc2)=C1. The van der Waals surface area contributed by atoms with E-state index >= 15 is 0 Å². The number of allylic oxidation sites excluding steroid dienone is 1. The maximum atomic E-state index is 13.0. The molecule has 4 N–H and O–H groups in total. The van der Waals surface area contributed by atoms with Gasteiger partial charge in [-0.1, -0.05) is 66.1 Å². The largest absolute Gasteiger partial charge is 0.382 e. The molecule has 4 aromatic rings. The van der Waals surface area contributed by atoms with Gasteiger partial charge in [-0.3, -0.25) is 19.2 Å². The summed E-state index contributed by atoms with van der Waals surface area (Å²) >= 11 is 0. The number of carbonyl (C=O) groups is 4. The lowest BCUT2D eigenvalue weighted by Crippen LogP contribution is -2.32. The molecule has 0 spiro atoms. The van der Waals surface area contributed by atoms with Crippen LogP contribution >= 0.6 is 0 Å². The van der Waals surface area contributed by atoms with Crippen LogP contribution in [0.1, 0.15) is 103 Å². The second kappa shape index (κ2) is 17.7. The van der Waals surface area contributed by atoms with E-state index < -0.39 is 45.5 Å². The predicted molar refractivity (Wildman–Crippen MR) is 233 cm³/mol. The lowest BCUT2D eigenvalue weighted by atomic mass is 9.94. The van der Waals surface area contributed by atoms with E-state index in [-0.39, 0.29) is 5.57 Å². The molecular weight excluding hydrogens is 757 g/mol. The summed E-state index contributed by atoms with van der Waals surface area (Å²) in [5.41, 5.74) is 5.58. The third kappa shape index (κ3) is 11.6. The zero-order valence-corrected chi connectivity index (χ0v) is 35.5. The van der Waals surface area contributed by atoms with Gasteiger partial charge < -0.3 is 30.2 Å². The maximum Gasteiger partial charge on any atom is 0.202 e. The van der Waals surface area contributed by atoms with Crippen LogP contribution in [0.3, 0.4) is 0 Å². The second-order valence-electron chi connectivity index (χ2n) is 17.4. The quantitative estimate of drug-likeness (QED) is 0.0596. The molecule has 10 heteroatoms. The minimum Gasteiger partial charge on any atom is -0.382 e. The summed E-state index contributed by atoms with van der Waals surface area (Å²) in [6.45, 7) is 12.9. The zero-order chi connectivity index (χ0) is 44.2. The number of nitrogens with zero attached hydrogens (tertiary/aromatic N) is 2. The average molecular weight is 811 g/mol. The molecule has 0 bridgehead atoms. The number of hydrogen-bond donors (Lipinski definition) is 4. The van der Waals surface area contributed by atoms with E-state index in [2.05, 4.69) is 21.3 Å². The first-order valence-electron chi connectivity index (χ1n) is 19.8. The van der Waals surface area contributed by atoms with Crippen molar-refractivity contribution in [2.45, 2.75) is 97.4 Å². The minimum absolute atomic E-state index is 0.199. The van der Waals surface area contributed by atoms with Crippen LogP contribution in [0.25, 0.3) is 0 Å². The van der Waals surface area contributed by atoms with E-state index in [1.165, 1.54) is 55.4 Å². The smallest absolute Gasteiger partial charge is 0.202 e. The van der Waals surface area contributed by atoms with Crippen molar-refractivity contribution in [2.75, 3.05) is 16.3 Å². The summed E-state index contributed by atoms with van der Waals surface area (Å²) in [6.07, 6.45) is 3.41. The number of benzene rings is 4. The molecule has 0 radical (unpaired) electrons. The van der Waals surface area contributed by atoms with Crippen LogP contribution in [0, 0.1) is 0 Å². The highest BCUT2D eigenvalue weighted by molar-refractivity contribution is 6.04. The molecule has 312 valence electrons. The summed E-state index contributed by atoms with van der Waals surface area (Å²) in [4.78, 5) is 56.2. The Morgan fingerprint density at radius 2 is 0.817 bits per heavy atom. The summed E-state index contributed by atoms with van der Waals surface area (Å²) < 4.78 is 0. The first kappa shape index (κ1) is 45.1. The predicted octanol–water partition coefficient (Wildman–Crippen LogP) is 7.28. The molecule has 60 heavy (non-hydrogen) atoms. The molecule has 0 atom stereocenters. The van der Waals surface area contributed by atoms with Gasteiger partial charge in [0.1, 0.15) is 22.4 Å². The molecular formula is C50H54N2O8. The Balaban J connectivity index is 1.54. The van der Waals surface area contributed by atoms with Crippen LogP contribution in [-0.2, 0) is 24.4 Å². The molecule has 0 aromatic heterocycles. The van der Waals surface area contributed by atoms with Crippen LogP contribution in [0.15, 0.2) is 132 Å². The van der Waals surface area contributed by atoms with Gasteiger partial charge in [0.15, 0.2) is 17.3 Å². The van der Waals surface area contributed by atoms with Gasteiger partial charge in [0, 0.05) is 54.2 Å². The number of rotatable bonds is 18. The van der Waals surface area contributed by atoms with Gasteiger partial charge in [-0.05, 0) is 132 Å². The Labute approximate surface area is 352 Å². The van der Waals surface area contributed by atoms with Gasteiger partial charge in [0.2, 0.25) is 5.78 Å². The molecule has 10 nitrogen and oxygen atoms in total. The van der Waals surface area contributed by atoms with Crippen molar-refractivity contribution in [3.8, 4) is 0 Å². The van der Waals surface area contributed by atoms with Crippen LogP contribution in [0.5, 0.6) is 0 Å². The Morgan fingerprint density at radius 1 is 0.483 bits per heavy atom. The minimum atomic E-state index is -1.60. The molecule has 0 saturated carbocycles. The lowest BCUT2D eigenvalue weighted by Gasteiger charge is -2.29. The highest BCUT2D eigenvalue weighted by atomic mass is 16.3. The number of anilines is 2. The number of aliphatic hydroxyl groups is 4. The van der Waals surface area contributed by atoms with Crippen molar-refractivity contribution >= 4 is 34.5 Å². The Hall–Kier alpha value is -5.96. The van der Waals surface area contributed by atoms with Crippen LogP contribution in [-0.4, -0.2) is 72.5 Å². The maximum absolute atomic E-state index is 13.0. The summed E-state index contributed by atoms with van der Waals surface area (Å²) in [5, 5.41) is 41.8. The Bertz CT molecular complexity index is 2350. The molecule has 0 saturated heterocycles. The van der Waals surface area contributed by atoms with Gasteiger partial charge in [-0.15, -0.1) is 0 Å². The van der Waals surface area contributed by atoms with Crippen LogP contribution in [0.2, 0.25) is 0 Å². The van der Waals surface area contributed by atoms with Gasteiger partial charge in [-0.2, -0.15) is 0 Å². The third-order valence-electron chi connectivity index (χ3n) is 9.90. The van der Waals surface area contributed by atoms with Gasteiger partial charge >= 0.3 is 0 Å². The van der Waals surface area contributed by atoms with Crippen molar-refractivity contribution in [2.24, 2.45) is 0 Å². The third-order valence-corrected chi connectivity index (χ3v) is 9.90. The van der Waals surface area contributed by atoms with E-state index in [0.29, 0.717) is 42.9 Å². The number of Topliss-reactive ketones (excluding diaryl/α,β-unsaturated/α-hetero) is 4. The second-order valence-corrected chi connectivity index (χ2v) is 17.4. The molecule has 1 aliphatic carbocycles. The fourth-order valence-electron chi connectivity index (χ4n) is 6.74. The number of carbonyl (C=O) groups excluding carboxylic acids is 4. The zero-order valence-electron chi connectivity index (χ0n) is 35.5.